The Morgan fingerprint density at radius 1 is 1.32 bits per heavy atom. The molecule has 2 aromatic rings. The molecule has 0 aliphatic carbocycles. The van der Waals surface area contributed by atoms with Gasteiger partial charge >= 0.3 is 0 Å². The summed E-state index contributed by atoms with van der Waals surface area (Å²) in [7, 11) is 2.13. The quantitative estimate of drug-likeness (QED) is 0.873. The van der Waals surface area contributed by atoms with E-state index in [0.717, 1.165) is 30.3 Å². The van der Waals surface area contributed by atoms with Crippen molar-refractivity contribution in [2.24, 2.45) is 0 Å². The second-order valence-corrected chi connectivity index (χ2v) is 6.84. The summed E-state index contributed by atoms with van der Waals surface area (Å²) in [5.74, 6) is 0.180. The van der Waals surface area contributed by atoms with Crippen LogP contribution in [0.2, 0.25) is 0 Å². The molecule has 0 radical (unpaired) electrons. The highest BCUT2D eigenvalue weighted by atomic mass is 32.1. The minimum Gasteiger partial charge on any atom is -0.339 e. The van der Waals surface area contributed by atoms with Crippen LogP contribution in [0.1, 0.15) is 22.3 Å². The molecular weight excluding hydrogens is 294 g/mol. The molecule has 1 aromatic carbocycles. The molecule has 116 valence electrons. The summed E-state index contributed by atoms with van der Waals surface area (Å²) in [5, 5.41) is 3.00. The van der Waals surface area contributed by atoms with E-state index >= 15 is 0 Å². The fourth-order valence-corrected chi connectivity index (χ4v) is 3.50. The summed E-state index contributed by atoms with van der Waals surface area (Å²) in [4.78, 5) is 21.2. The van der Waals surface area contributed by atoms with Crippen molar-refractivity contribution >= 4 is 17.2 Å². The van der Waals surface area contributed by atoms with Crippen LogP contribution >= 0.6 is 11.3 Å². The minimum absolute atomic E-state index is 0.180. The first kappa shape index (κ1) is 15.2. The number of aryl methyl sites for hydroxylation is 1. The van der Waals surface area contributed by atoms with Crippen LogP contribution in [0, 0.1) is 6.92 Å². The lowest BCUT2D eigenvalue weighted by molar-refractivity contribution is -0.133. The van der Waals surface area contributed by atoms with E-state index in [0.29, 0.717) is 6.42 Å². The van der Waals surface area contributed by atoms with Gasteiger partial charge in [-0.2, -0.15) is 0 Å². The molecule has 1 aliphatic heterocycles. The lowest BCUT2D eigenvalue weighted by Gasteiger charge is -2.39. The number of likely N-dealkylation sites (N-methyl/N-ethyl adjacent to an activating group) is 1. The van der Waals surface area contributed by atoms with E-state index < -0.39 is 0 Å². The highest BCUT2D eigenvalue weighted by Crippen LogP contribution is 2.24. The fraction of sp³-hybridized carbons (Fsp3) is 0.412. The smallest absolute Gasteiger partial charge is 0.228 e. The van der Waals surface area contributed by atoms with Crippen LogP contribution in [0.15, 0.2) is 35.7 Å². The topological polar surface area (TPSA) is 36.4 Å². The van der Waals surface area contributed by atoms with Crippen molar-refractivity contribution in [3.8, 4) is 0 Å². The van der Waals surface area contributed by atoms with Crippen molar-refractivity contribution in [1.29, 1.82) is 0 Å². The maximum atomic E-state index is 12.5. The van der Waals surface area contributed by atoms with Gasteiger partial charge in [0.25, 0.3) is 0 Å². The number of rotatable bonds is 3. The number of hydrogen-bond acceptors (Lipinski definition) is 4. The molecule has 1 aromatic heterocycles. The zero-order valence-electron chi connectivity index (χ0n) is 13.0. The zero-order valence-corrected chi connectivity index (χ0v) is 13.8. The molecule has 1 saturated heterocycles. The van der Waals surface area contributed by atoms with Gasteiger partial charge in [-0.05, 0) is 19.5 Å². The standard InChI is InChI=1S/C17H21N3OS/c1-13-18-15(12-22-13)10-17(21)20-9-8-19(2)16(11-20)14-6-4-3-5-7-14/h3-7,12,16H,8-11H2,1-2H3. The summed E-state index contributed by atoms with van der Waals surface area (Å²) >= 11 is 1.60. The summed E-state index contributed by atoms with van der Waals surface area (Å²) in [6.07, 6.45) is 0.412. The molecular formula is C17H21N3OS. The number of piperazine rings is 1. The average molecular weight is 315 g/mol. The molecule has 1 fully saturated rings. The molecule has 1 atom stereocenters. The number of aromatic nitrogens is 1. The largest absolute Gasteiger partial charge is 0.339 e. The van der Waals surface area contributed by atoms with Gasteiger partial charge < -0.3 is 4.90 Å². The van der Waals surface area contributed by atoms with Gasteiger partial charge in [0.1, 0.15) is 0 Å². The van der Waals surface area contributed by atoms with E-state index in [1.165, 1.54) is 5.56 Å². The Hall–Kier alpha value is -1.72. The second-order valence-electron chi connectivity index (χ2n) is 5.78. The molecule has 3 rings (SSSR count). The monoisotopic (exact) mass is 315 g/mol. The molecule has 0 bridgehead atoms. The van der Waals surface area contributed by atoms with Crippen molar-refractivity contribution in [2.45, 2.75) is 19.4 Å². The fourth-order valence-electron chi connectivity index (χ4n) is 2.89. The molecule has 4 nitrogen and oxygen atoms in total. The molecule has 5 heteroatoms. The van der Waals surface area contributed by atoms with Gasteiger partial charge in [-0.25, -0.2) is 4.98 Å². The van der Waals surface area contributed by atoms with E-state index in [9.17, 15) is 4.79 Å². The van der Waals surface area contributed by atoms with E-state index in [-0.39, 0.29) is 11.9 Å². The van der Waals surface area contributed by atoms with Gasteiger partial charge in [0.15, 0.2) is 0 Å². The maximum Gasteiger partial charge on any atom is 0.228 e. The third kappa shape index (κ3) is 3.36. The van der Waals surface area contributed by atoms with E-state index in [4.69, 9.17) is 0 Å². The van der Waals surface area contributed by atoms with Gasteiger partial charge in [-0.1, -0.05) is 30.3 Å². The molecule has 0 N–H and O–H groups in total. The van der Waals surface area contributed by atoms with Gasteiger partial charge in [-0.3, -0.25) is 9.69 Å². The molecule has 22 heavy (non-hydrogen) atoms. The van der Waals surface area contributed by atoms with Crippen molar-refractivity contribution in [3.05, 3.63) is 52.0 Å². The Morgan fingerprint density at radius 2 is 2.09 bits per heavy atom. The minimum atomic E-state index is 0.180. The second kappa shape index (κ2) is 6.58. The number of carbonyl (C=O) groups is 1. The normalized spacial score (nSPS) is 19.4. The van der Waals surface area contributed by atoms with E-state index in [2.05, 4.69) is 41.2 Å². The maximum absolute atomic E-state index is 12.5. The Balaban J connectivity index is 1.68. The summed E-state index contributed by atoms with van der Waals surface area (Å²) in [5.41, 5.74) is 2.16. The van der Waals surface area contributed by atoms with Crippen LogP contribution in [0.25, 0.3) is 0 Å². The number of hydrogen-bond donors (Lipinski definition) is 0. The summed E-state index contributed by atoms with van der Waals surface area (Å²) < 4.78 is 0. The van der Waals surface area contributed by atoms with Crippen molar-refractivity contribution in [1.82, 2.24) is 14.8 Å². The Kier molecular flexibility index (Phi) is 4.55. The molecule has 1 aliphatic rings. The van der Waals surface area contributed by atoms with Crippen LogP contribution in [-0.2, 0) is 11.2 Å². The van der Waals surface area contributed by atoms with Crippen molar-refractivity contribution in [3.63, 3.8) is 0 Å². The predicted molar refractivity (Wildman–Crippen MR) is 88.9 cm³/mol. The number of carbonyl (C=O) groups excluding carboxylic acids is 1. The third-order valence-electron chi connectivity index (χ3n) is 4.18. The van der Waals surface area contributed by atoms with E-state index in [1.54, 1.807) is 11.3 Å². The first-order valence-corrected chi connectivity index (χ1v) is 8.45. The van der Waals surface area contributed by atoms with Crippen LogP contribution in [0.3, 0.4) is 0 Å². The molecule has 1 amide bonds. The highest BCUT2D eigenvalue weighted by Gasteiger charge is 2.28. The van der Waals surface area contributed by atoms with Crippen LogP contribution in [0.4, 0.5) is 0 Å². The SMILES string of the molecule is Cc1nc(CC(=O)N2CCN(C)C(c3ccccc3)C2)cs1. The number of nitrogens with zero attached hydrogens (tertiary/aromatic N) is 3. The van der Waals surface area contributed by atoms with Crippen LogP contribution in [0.5, 0.6) is 0 Å². The first-order valence-electron chi connectivity index (χ1n) is 7.57. The van der Waals surface area contributed by atoms with Gasteiger partial charge in [0.05, 0.1) is 23.2 Å². The van der Waals surface area contributed by atoms with E-state index in [1.807, 2.05) is 23.3 Å². The average Bonchev–Trinajstić information content (AvgIpc) is 2.93. The zero-order chi connectivity index (χ0) is 15.5. The number of amides is 1. The van der Waals surface area contributed by atoms with Gasteiger partial charge in [0.2, 0.25) is 5.91 Å². The molecule has 1 unspecified atom stereocenters. The predicted octanol–water partition coefficient (Wildman–Crippen LogP) is 2.51. The molecule has 0 spiro atoms. The van der Waals surface area contributed by atoms with Crippen LogP contribution in [-0.4, -0.2) is 47.4 Å². The summed E-state index contributed by atoms with van der Waals surface area (Å²) in [6.45, 7) is 4.42. The Morgan fingerprint density at radius 3 is 2.77 bits per heavy atom. The van der Waals surface area contributed by atoms with Gasteiger partial charge in [-0.15, -0.1) is 11.3 Å². The Labute approximate surface area is 135 Å². The summed E-state index contributed by atoms with van der Waals surface area (Å²) in [6, 6.07) is 10.7. The van der Waals surface area contributed by atoms with Gasteiger partial charge in [0, 0.05) is 25.0 Å². The third-order valence-corrected chi connectivity index (χ3v) is 5.01. The Bertz CT molecular complexity index is 640. The number of thiazole rings is 1. The highest BCUT2D eigenvalue weighted by molar-refractivity contribution is 7.09. The van der Waals surface area contributed by atoms with Crippen molar-refractivity contribution in [2.75, 3.05) is 26.7 Å². The molecule has 2 heterocycles. The first-order chi connectivity index (χ1) is 10.6. The molecule has 0 saturated carbocycles. The van der Waals surface area contributed by atoms with Crippen LogP contribution < -0.4 is 0 Å². The number of benzene rings is 1. The lowest BCUT2D eigenvalue weighted by Crippen LogP contribution is -2.49. The van der Waals surface area contributed by atoms with Crippen molar-refractivity contribution < 1.29 is 4.79 Å². The lowest BCUT2D eigenvalue weighted by atomic mass is 10.0.